The summed E-state index contributed by atoms with van der Waals surface area (Å²) in [4.78, 5) is 16.8. The molecule has 1 aromatic heterocycles. The third-order valence-corrected chi connectivity index (χ3v) is 5.78. The van der Waals surface area contributed by atoms with Crippen molar-refractivity contribution in [3.8, 4) is 28.7 Å². The monoisotopic (exact) mass is 440 g/mol. The average Bonchev–Trinajstić information content (AvgIpc) is 3.27. The predicted octanol–water partition coefficient (Wildman–Crippen LogP) is 4.23. The second-order valence-electron chi connectivity index (χ2n) is 7.06. The van der Waals surface area contributed by atoms with Crippen molar-refractivity contribution in [2.45, 2.75) is 18.7 Å². The second kappa shape index (κ2) is 9.78. The SMILES string of the molecule is COc1ccc(-c2nc(CSCC(=O)NC(C)c3ccc4c(c3)OCCO4)co2)cc1. The van der Waals surface area contributed by atoms with E-state index in [0.29, 0.717) is 30.6 Å². The first-order valence-corrected chi connectivity index (χ1v) is 11.1. The molecule has 0 aliphatic carbocycles. The molecule has 0 radical (unpaired) electrons. The molecular weight excluding hydrogens is 416 g/mol. The minimum absolute atomic E-state index is 0.0359. The van der Waals surface area contributed by atoms with Gasteiger partial charge in [0.2, 0.25) is 11.8 Å². The Kier molecular flexibility index (Phi) is 6.66. The minimum Gasteiger partial charge on any atom is -0.497 e. The van der Waals surface area contributed by atoms with Crippen LogP contribution in [0.4, 0.5) is 0 Å². The number of hydrogen-bond donors (Lipinski definition) is 1. The van der Waals surface area contributed by atoms with Crippen molar-refractivity contribution < 1.29 is 23.4 Å². The molecule has 1 aliphatic heterocycles. The molecule has 31 heavy (non-hydrogen) atoms. The highest BCUT2D eigenvalue weighted by Gasteiger charge is 2.16. The van der Waals surface area contributed by atoms with Crippen LogP contribution in [0.5, 0.6) is 17.2 Å². The molecule has 1 aliphatic rings. The van der Waals surface area contributed by atoms with Crippen LogP contribution in [-0.4, -0.2) is 37.0 Å². The highest BCUT2D eigenvalue weighted by Crippen LogP contribution is 2.32. The van der Waals surface area contributed by atoms with E-state index < -0.39 is 0 Å². The number of oxazole rings is 1. The van der Waals surface area contributed by atoms with Gasteiger partial charge in [-0.3, -0.25) is 4.79 Å². The summed E-state index contributed by atoms with van der Waals surface area (Å²) in [6.45, 7) is 3.05. The molecule has 4 rings (SSSR count). The normalized spacial score (nSPS) is 13.5. The molecule has 2 aromatic carbocycles. The van der Waals surface area contributed by atoms with E-state index in [1.54, 1.807) is 13.4 Å². The fraction of sp³-hybridized carbons (Fsp3) is 0.304. The summed E-state index contributed by atoms with van der Waals surface area (Å²) in [5.41, 5.74) is 2.65. The van der Waals surface area contributed by atoms with E-state index in [4.69, 9.17) is 18.6 Å². The summed E-state index contributed by atoms with van der Waals surface area (Å²) in [5, 5.41) is 3.02. The number of benzene rings is 2. The Balaban J connectivity index is 1.25. The number of amides is 1. The van der Waals surface area contributed by atoms with Gasteiger partial charge >= 0.3 is 0 Å². The maximum Gasteiger partial charge on any atom is 0.230 e. The predicted molar refractivity (Wildman–Crippen MR) is 119 cm³/mol. The number of methoxy groups -OCH3 is 1. The summed E-state index contributed by atoms with van der Waals surface area (Å²) >= 11 is 1.49. The van der Waals surface area contributed by atoms with Crippen molar-refractivity contribution in [1.82, 2.24) is 10.3 Å². The fourth-order valence-electron chi connectivity index (χ4n) is 3.18. The molecule has 8 heteroatoms. The van der Waals surface area contributed by atoms with Gasteiger partial charge in [-0.2, -0.15) is 0 Å². The molecule has 0 bridgehead atoms. The fourth-order valence-corrected chi connectivity index (χ4v) is 3.90. The van der Waals surface area contributed by atoms with E-state index >= 15 is 0 Å². The van der Waals surface area contributed by atoms with E-state index in [9.17, 15) is 4.79 Å². The highest BCUT2D eigenvalue weighted by molar-refractivity contribution is 7.99. The maximum atomic E-state index is 12.3. The van der Waals surface area contributed by atoms with Crippen LogP contribution in [0, 0.1) is 0 Å². The van der Waals surface area contributed by atoms with Crippen LogP contribution in [0.1, 0.15) is 24.2 Å². The molecule has 1 unspecified atom stereocenters. The van der Waals surface area contributed by atoms with Crippen LogP contribution in [0.25, 0.3) is 11.5 Å². The topological polar surface area (TPSA) is 82.8 Å². The highest BCUT2D eigenvalue weighted by atomic mass is 32.2. The Morgan fingerprint density at radius 3 is 2.71 bits per heavy atom. The molecule has 1 N–H and O–H groups in total. The lowest BCUT2D eigenvalue weighted by atomic mass is 10.1. The number of carbonyl (C=O) groups is 1. The van der Waals surface area contributed by atoms with E-state index in [1.165, 1.54) is 11.8 Å². The van der Waals surface area contributed by atoms with Gasteiger partial charge in [0.1, 0.15) is 25.2 Å². The summed E-state index contributed by atoms with van der Waals surface area (Å²) in [6.07, 6.45) is 1.63. The van der Waals surface area contributed by atoms with Crippen LogP contribution in [-0.2, 0) is 10.5 Å². The lowest BCUT2D eigenvalue weighted by Crippen LogP contribution is -2.28. The summed E-state index contributed by atoms with van der Waals surface area (Å²) in [6, 6.07) is 13.1. The van der Waals surface area contributed by atoms with Gasteiger partial charge in [0, 0.05) is 11.3 Å². The molecule has 7 nitrogen and oxygen atoms in total. The van der Waals surface area contributed by atoms with Crippen molar-refractivity contribution >= 4 is 17.7 Å². The Morgan fingerprint density at radius 1 is 1.16 bits per heavy atom. The molecule has 0 saturated heterocycles. The Morgan fingerprint density at radius 2 is 1.94 bits per heavy atom. The zero-order valence-electron chi connectivity index (χ0n) is 17.4. The summed E-state index contributed by atoms with van der Waals surface area (Å²) in [7, 11) is 1.63. The van der Waals surface area contributed by atoms with Crippen molar-refractivity contribution in [3.63, 3.8) is 0 Å². The van der Waals surface area contributed by atoms with Crippen LogP contribution < -0.4 is 19.5 Å². The summed E-state index contributed by atoms with van der Waals surface area (Å²) in [5.74, 6) is 3.68. The van der Waals surface area contributed by atoms with E-state index in [-0.39, 0.29) is 11.9 Å². The van der Waals surface area contributed by atoms with Gasteiger partial charge in [-0.1, -0.05) is 6.07 Å². The van der Waals surface area contributed by atoms with Gasteiger partial charge in [-0.05, 0) is 48.9 Å². The standard InChI is InChI=1S/C23H24N2O5S/c1-15(17-5-8-20-21(11-17)29-10-9-28-20)24-22(26)14-31-13-18-12-30-23(25-18)16-3-6-19(27-2)7-4-16/h3-8,11-12,15H,9-10,13-14H2,1-2H3,(H,24,26). The van der Waals surface area contributed by atoms with Crippen LogP contribution in [0.2, 0.25) is 0 Å². The lowest BCUT2D eigenvalue weighted by Gasteiger charge is -2.21. The molecule has 3 aromatic rings. The smallest absolute Gasteiger partial charge is 0.230 e. The third kappa shape index (κ3) is 5.32. The average molecular weight is 441 g/mol. The first-order valence-electron chi connectivity index (χ1n) is 9.98. The van der Waals surface area contributed by atoms with Crippen molar-refractivity contribution in [3.05, 3.63) is 60.0 Å². The van der Waals surface area contributed by atoms with Crippen molar-refractivity contribution in [1.29, 1.82) is 0 Å². The largest absolute Gasteiger partial charge is 0.497 e. The number of fused-ring (bicyclic) bond motifs is 1. The Bertz CT molecular complexity index is 1030. The zero-order valence-corrected chi connectivity index (χ0v) is 18.2. The molecule has 162 valence electrons. The second-order valence-corrected chi connectivity index (χ2v) is 8.04. The number of aromatic nitrogens is 1. The molecular formula is C23H24N2O5S. The van der Waals surface area contributed by atoms with Gasteiger partial charge in [0.05, 0.1) is 24.6 Å². The van der Waals surface area contributed by atoms with E-state index in [2.05, 4.69) is 10.3 Å². The first-order chi connectivity index (χ1) is 15.1. The number of nitrogens with one attached hydrogen (secondary N) is 1. The van der Waals surface area contributed by atoms with Crippen molar-refractivity contribution in [2.24, 2.45) is 0 Å². The molecule has 0 fully saturated rings. The number of carbonyl (C=O) groups excluding carboxylic acids is 1. The van der Waals surface area contributed by atoms with Gasteiger partial charge in [-0.15, -0.1) is 11.8 Å². The number of thioether (sulfide) groups is 1. The quantitative estimate of drug-likeness (QED) is 0.561. The number of hydrogen-bond acceptors (Lipinski definition) is 7. The number of nitrogens with zero attached hydrogens (tertiary/aromatic N) is 1. The Labute approximate surface area is 185 Å². The van der Waals surface area contributed by atoms with Gasteiger partial charge in [0.25, 0.3) is 0 Å². The molecule has 0 spiro atoms. The maximum absolute atomic E-state index is 12.3. The third-order valence-electron chi connectivity index (χ3n) is 4.82. The lowest BCUT2D eigenvalue weighted by molar-refractivity contribution is -0.119. The molecule has 1 amide bonds. The van der Waals surface area contributed by atoms with Gasteiger partial charge < -0.3 is 23.9 Å². The van der Waals surface area contributed by atoms with Crippen LogP contribution in [0.3, 0.4) is 0 Å². The van der Waals surface area contributed by atoms with Crippen LogP contribution >= 0.6 is 11.8 Å². The van der Waals surface area contributed by atoms with E-state index in [1.807, 2.05) is 49.4 Å². The summed E-state index contributed by atoms with van der Waals surface area (Å²) < 4.78 is 21.9. The molecule has 0 saturated carbocycles. The number of rotatable bonds is 8. The minimum atomic E-state index is -0.127. The molecule has 2 heterocycles. The number of ether oxygens (including phenoxy) is 3. The first kappa shape index (κ1) is 21.1. The van der Waals surface area contributed by atoms with E-state index in [0.717, 1.165) is 34.1 Å². The van der Waals surface area contributed by atoms with Gasteiger partial charge in [0.15, 0.2) is 11.5 Å². The zero-order chi connectivity index (χ0) is 21.6. The molecule has 1 atom stereocenters. The van der Waals surface area contributed by atoms with Crippen LogP contribution in [0.15, 0.2) is 53.1 Å². The van der Waals surface area contributed by atoms with Gasteiger partial charge in [-0.25, -0.2) is 4.98 Å². The Hall–Kier alpha value is -3.13. The van der Waals surface area contributed by atoms with Crippen molar-refractivity contribution in [2.75, 3.05) is 26.1 Å².